The second-order valence-corrected chi connectivity index (χ2v) is 8.34. The van der Waals surface area contributed by atoms with Crippen LogP contribution in [0.2, 0.25) is 0 Å². The number of alkyl halides is 1. The first-order chi connectivity index (χ1) is 15.9. The van der Waals surface area contributed by atoms with Crippen molar-refractivity contribution in [1.29, 1.82) is 0 Å². The number of hydrogen-bond donors (Lipinski definition) is 0. The van der Waals surface area contributed by atoms with E-state index in [-0.39, 0.29) is 16.4 Å². The Labute approximate surface area is 192 Å². The third-order valence-corrected chi connectivity index (χ3v) is 5.91. The number of amides is 1. The summed E-state index contributed by atoms with van der Waals surface area (Å²) in [6, 6.07) is 13.4. The van der Waals surface area contributed by atoms with Crippen molar-refractivity contribution in [3.63, 3.8) is 0 Å². The zero-order chi connectivity index (χ0) is 23.4. The fraction of sp³-hybridized carbons (Fsp3) is 0.360. The summed E-state index contributed by atoms with van der Waals surface area (Å²) in [6.45, 7) is 4.39. The van der Waals surface area contributed by atoms with Crippen molar-refractivity contribution in [2.45, 2.75) is 25.9 Å². The predicted molar refractivity (Wildman–Crippen MR) is 124 cm³/mol. The SMILES string of the molecule is Cc1cccc(C(=O)N(F)c2ccc(OCCN3CCC(F)CC3)c(-c3ccnn3C)c2)c1. The molecule has 6 nitrogen and oxygen atoms in total. The molecule has 0 saturated carbocycles. The number of hydrogen-bond acceptors (Lipinski definition) is 4. The molecule has 1 aliphatic heterocycles. The highest BCUT2D eigenvalue weighted by Gasteiger charge is 2.21. The summed E-state index contributed by atoms with van der Waals surface area (Å²) in [5.41, 5.74) is 2.63. The average molecular weight is 455 g/mol. The molecule has 174 valence electrons. The molecule has 0 atom stereocenters. The minimum absolute atomic E-state index is 0.107. The van der Waals surface area contributed by atoms with Gasteiger partial charge in [-0.25, -0.2) is 4.39 Å². The highest BCUT2D eigenvalue weighted by molar-refractivity contribution is 6.05. The smallest absolute Gasteiger partial charge is 0.286 e. The lowest BCUT2D eigenvalue weighted by Crippen LogP contribution is -2.37. The topological polar surface area (TPSA) is 50.6 Å². The maximum absolute atomic E-state index is 15.1. The molecule has 0 aliphatic carbocycles. The van der Waals surface area contributed by atoms with Gasteiger partial charge in [0, 0.05) is 44.0 Å². The van der Waals surface area contributed by atoms with Crippen molar-refractivity contribution in [3.05, 3.63) is 65.9 Å². The van der Waals surface area contributed by atoms with Gasteiger partial charge in [-0.05, 0) is 56.2 Å². The lowest BCUT2D eigenvalue weighted by atomic mass is 10.1. The number of carbonyl (C=O) groups excluding carboxylic acids is 1. The van der Waals surface area contributed by atoms with Crippen LogP contribution in [-0.2, 0) is 7.05 Å². The number of rotatable bonds is 7. The molecule has 4 rings (SSSR count). The van der Waals surface area contributed by atoms with Gasteiger partial charge >= 0.3 is 0 Å². The monoisotopic (exact) mass is 454 g/mol. The molecule has 0 spiro atoms. The molecule has 0 bridgehead atoms. The maximum Gasteiger partial charge on any atom is 0.286 e. The molecule has 3 aromatic rings. The summed E-state index contributed by atoms with van der Waals surface area (Å²) < 4.78 is 36.2. The minimum atomic E-state index is -0.736. The summed E-state index contributed by atoms with van der Waals surface area (Å²) in [4.78, 5) is 14.9. The second-order valence-electron chi connectivity index (χ2n) is 8.34. The molecule has 0 N–H and O–H groups in total. The lowest BCUT2D eigenvalue weighted by Gasteiger charge is -2.28. The first-order valence-electron chi connectivity index (χ1n) is 11.1. The Kier molecular flexibility index (Phi) is 7.03. The molecule has 1 amide bonds. The van der Waals surface area contributed by atoms with Crippen LogP contribution in [-0.4, -0.2) is 53.0 Å². The number of ether oxygens (including phenoxy) is 1. The first-order valence-corrected chi connectivity index (χ1v) is 11.1. The number of halogens is 2. The van der Waals surface area contributed by atoms with Gasteiger partial charge in [-0.3, -0.25) is 14.4 Å². The number of anilines is 1. The van der Waals surface area contributed by atoms with Crippen LogP contribution in [0, 0.1) is 6.92 Å². The number of piperidine rings is 1. The summed E-state index contributed by atoms with van der Waals surface area (Å²) in [7, 11) is 1.79. The number of aryl methyl sites for hydroxylation is 2. The van der Waals surface area contributed by atoms with E-state index in [1.54, 1.807) is 48.3 Å². The Morgan fingerprint density at radius 1 is 1.18 bits per heavy atom. The third kappa shape index (κ3) is 5.39. The van der Waals surface area contributed by atoms with E-state index in [9.17, 15) is 9.18 Å². The number of nitrogens with zero attached hydrogens (tertiary/aromatic N) is 4. The van der Waals surface area contributed by atoms with Crippen molar-refractivity contribution >= 4 is 11.6 Å². The van der Waals surface area contributed by atoms with Gasteiger partial charge < -0.3 is 4.74 Å². The number of carbonyl (C=O) groups is 1. The molecule has 0 radical (unpaired) electrons. The van der Waals surface area contributed by atoms with Crippen molar-refractivity contribution in [3.8, 4) is 17.0 Å². The summed E-state index contributed by atoms with van der Waals surface area (Å²) in [6.07, 6.45) is 2.04. The summed E-state index contributed by atoms with van der Waals surface area (Å²) in [5.74, 6) is -0.168. The van der Waals surface area contributed by atoms with Gasteiger partial charge in [0.15, 0.2) is 0 Å². The fourth-order valence-corrected chi connectivity index (χ4v) is 4.02. The largest absolute Gasteiger partial charge is 0.492 e. The molecular formula is C25H28F2N4O2. The van der Waals surface area contributed by atoms with Crippen LogP contribution >= 0.6 is 0 Å². The van der Waals surface area contributed by atoms with Crippen molar-refractivity contribution in [2.24, 2.45) is 7.05 Å². The fourth-order valence-electron chi connectivity index (χ4n) is 4.02. The molecule has 1 aliphatic rings. The van der Waals surface area contributed by atoms with E-state index in [1.807, 2.05) is 19.1 Å². The van der Waals surface area contributed by atoms with Gasteiger partial charge in [0.2, 0.25) is 0 Å². The molecule has 1 saturated heterocycles. The predicted octanol–water partition coefficient (Wildman–Crippen LogP) is 4.74. The molecule has 2 aromatic carbocycles. The van der Waals surface area contributed by atoms with Crippen molar-refractivity contribution < 1.29 is 18.4 Å². The second kappa shape index (κ2) is 10.1. The molecule has 8 heteroatoms. The highest BCUT2D eigenvalue weighted by Crippen LogP contribution is 2.34. The zero-order valence-electron chi connectivity index (χ0n) is 18.9. The van der Waals surface area contributed by atoms with Gasteiger partial charge in [-0.1, -0.05) is 22.2 Å². The van der Waals surface area contributed by atoms with E-state index in [1.165, 1.54) is 6.07 Å². The van der Waals surface area contributed by atoms with Crippen molar-refractivity contribution in [2.75, 3.05) is 31.4 Å². The van der Waals surface area contributed by atoms with E-state index in [2.05, 4.69) is 10.00 Å². The van der Waals surface area contributed by atoms with Crippen LogP contribution in [0.3, 0.4) is 0 Å². The Balaban J connectivity index is 1.54. The van der Waals surface area contributed by atoms with Gasteiger partial charge in [0.1, 0.15) is 18.5 Å². The molecule has 1 fully saturated rings. The first kappa shape index (κ1) is 22.9. The maximum atomic E-state index is 15.1. The van der Waals surface area contributed by atoms with E-state index in [4.69, 9.17) is 4.74 Å². The van der Waals surface area contributed by atoms with Crippen LogP contribution in [0.1, 0.15) is 28.8 Å². The standard InChI is InChI=1S/C25H28F2N4O2/c1-18-4-3-5-19(16-18)25(32)31(27)21-6-7-24(22(17-21)23-8-11-28-29(23)2)33-15-14-30-12-9-20(26)10-13-30/h3-8,11,16-17,20H,9-10,12-15H2,1-2H3. The quantitative estimate of drug-likeness (QED) is 0.484. The van der Waals surface area contributed by atoms with Gasteiger partial charge in [-0.15, -0.1) is 5.12 Å². The van der Waals surface area contributed by atoms with E-state index in [0.29, 0.717) is 37.3 Å². The number of benzene rings is 2. The molecule has 0 unspecified atom stereocenters. The molecule has 33 heavy (non-hydrogen) atoms. The van der Waals surface area contributed by atoms with E-state index >= 15 is 4.48 Å². The van der Waals surface area contributed by atoms with Gasteiger partial charge in [0.25, 0.3) is 5.91 Å². The van der Waals surface area contributed by atoms with Gasteiger partial charge in [0.05, 0.1) is 11.4 Å². The normalized spacial score (nSPS) is 14.9. The van der Waals surface area contributed by atoms with Crippen LogP contribution in [0.15, 0.2) is 54.7 Å². The third-order valence-electron chi connectivity index (χ3n) is 5.91. The van der Waals surface area contributed by atoms with Crippen LogP contribution < -0.4 is 9.86 Å². The number of likely N-dealkylation sites (tertiary alicyclic amines) is 1. The van der Waals surface area contributed by atoms with Crippen LogP contribution in [0.5, 0.6) is 5.75 Å². The highest BCUT2D eigenvalue weighted by atomic mass is 19.2. The zero-order valence-corrected chi connectivity index (χ0v) is 18.9. The Morgan fingerprint density at radius 2 is 1.97 bits per heavy atom. The van der Waals surface area contributed by atoms with E-state index < -0.39 is 12.1 Å². The Hall–Kier alpha value is -3.26. The lowest BCUT2D eigenvalue weighted by molar-refractivity contribution is 0.0931. The number of aromatic nitrogens is 2. The van der Waals surface area contributed by atoms with Crippen LogP contribution in [0.4, 0.5) is 14.6 Å². The van der Waals surface area contributed by atoms with Gasteiger partial charge in [-0.2, -0.15) is 5.10 Å². The molecule has 1 aromatic heterocycles. The van der Waals surface area contributed by atoms with Crippen molar-refractivity contribution in [1.82, 2.24) is 14.7 Å². The summed E-state index contributed by atoms with van der Waals surface area (Å²) >= 11 is 0. The Bertz CT molecular complexity index is 1110. The Morgan fingerprint density at radius 3 is 2.67 bits per heavy atom. The van der Waals surface area contributed by atoms with E-state index in [0.717, 1.165) is 24.3 Å². The molecular weight excluding hydrogens is 426 g/mol. The average Bonchev–Trinajstić information content (AvgIpc) is 3.25. The minimum Gasteiger partial charge on any atom is -0.492 e. The molecule has 2 heterocycles. The van der Waals surface area contributed by atoms with Crippen LogP contribution in [0.25, 0.3) is 11.3 Å². The summed E-state index contributed by atoms with van der Waals surface area (Å²) in [5, 5.41) is 4.36.